The standard InChI is InChI=1S/C63H115N2O7P/c1-7-10-13-16-19-22-25-27-29-31-32-34-36-38-41-44-47-50-53-56-63(67)72-61(54-51-48-45-42-39-24-21-18-15-12-9-3)60(59-71-73(68,69)70-58-57-65(4,5)6)64-62(66)55-52-49-46-43-40-37-35-33-30-28-26-23-20-17-14-11-8-2/h19,22,27-30,32,34,38,41,51,54,60-61H,7-18,20-21,23-26,31,33,35-37,39-40,42-50,52-53,55-59H2,1-6H3,(H-,64,66,68,69)/b22-19-,29-27-,30-28+,34-32-,41-38-,54-51+. The zero-order valence-corrected chi connectivity index (χ0v) is 49.2. The van der Waals surface area contributed by atoms with Gasteiger partial charge in [-0.05, 0) is 102 Å². The second-order valence-corrected chi connectivity index (χ2v) is 22.9. The first-order valence-corrected chi connectivity index (χ1v) is 31.7. The number of quaternary nitrogens is 1. The lowest BCUT2D eigenvalue weighted by Crippen LogP contribution is -2.47. The molecule has 1 N–H and O–H groups in total. The first kappa shape index (κ1) is 70.5. The van der Waals surface area contributed by atoms with Gasteiger partial charge in [0.15, 0.2) is 0 Å². The molecule has 0 bridgehead atoms. The summed E-state index contributed by atoms with van der Waals surface area (Å²) in [6, 6.07) is -0.905. The Labute approximate surface area is 451 Å². The molecule has 0 radical (unpaired) electrons. The Hall–Kier alpha value is -2.55. The van der Waals surface area contributed by atoms with E-state index in [2.05, 4.69) is 86.8 Å². The summed E-state index contributed by atoms with van der Waals surface area (Å²) >= 11 is 0. The van der Waals surface area contributed by atoms with E-state index in [1.54, 1.807) is 0 Å². The van der Waals surface area contributed by atoms with Crippen LogP contribution in [0.15, 0.2) is 72.9 Å². The molecule has 10 heteroatoms. The molecule has 0 spiro atoms. The van der Waals surface area contributed by atoms with Crippen molar-refractivity contribution in [1.29, 1.82) is 0 Å². The van der Waals surface area contributed by atoms with E-state index in [-0.39, 0.29) is 24.9 Å². The Morgan fingerprint density at radius 2 is 0.836 bits per heavy atom. The highest BCUT2D eigenvalue weighted by Crippen LogP contribution is 2.38. The molecule has 0 saturated carbocycles. The van der Waals surface area contributed by atoms with E-state index in [1.165, 1.54) is 135 Å². The van der Waals surface area contributed by atoms with Crippen molar-refractivity contribution in [3.63, 3.8) is 0 Å². The number of nitrogens with zero attached hydrogens (tertiary/aromatic N) is 1. The van der Waals surface area contributed by atoms with Crippen molar-refractivity contribution in [2.24, 2.45) is 0 Å². The predicted molar refractivity (Wildman–Crippen MR) is 312 cm³/mol. The van der Waals surface area contributed by atoms with Gasteiger partial charge in [-0.3, -0.25) is 14.2 Å². The zero-order chi connectivity index (χ0) is 53.6. The quantitative estimate of drug-likeness (QED) is 0.0212. The molecule has 0 aromatic heterocycles. The third kappa shape index (κ3) is 54.1. The lowest BCUT2D eigenvalue weighted by atomic mass is 10.1. The molecule has 1 amide bonds. The minimum absolute atomic E-state index is 0.0306. The average molecular weight is 1040 g/mol. The summed E-state index contributed by atoms with van der Waals surface area (Å²) in [4.78, 5) is 39.9. The number of amides is 1. The number of carbonyl (C=O) groups excluding carboxylic acids is 2. The molecule has 0 saturated heterocycles. The highest BCUT2D eigenvalue weighted by atomic mass is 31.2. The fourth-order valence-electron chi connectivity index (χ4n) is 8.38. The van der Waals surface area contributed by atoms with E-state index in [0.29, 0.717) is 23.9 Å². The van der Waals surface area contributed by atoms with E-state index in [0.717, 1.165) is 89.9 Å². The number of carbonyl (C=O) groups is 2. The SMILES string of the molecule is CCCCC/C=C\C/C=C\C/C=C\C/C=C\CCCCCC(=O)OC(/C=C/CCCCCCCCCCC)C(COP(=O)([O-])OCC[N+](C)(C)C)NC(=O)CCCCCCCCC/C=C/CCCCCCCC. The van der Waals surface area contributed by atoms with E-state index in [1.807, 2.05) is 33.3 Å². The van der Waals surface area contributed by atoms with Gasteiger partial charge in [0.25, 0.3) is 7.82 Å². The van der Waals surface area contributed by atoms with Crippen LogP contribution in [-0.4, -0.2) is 69.4 Å². The van der Waals surface area contributed by atoms with Gasteiger partial charge in [-0.15, -0.1) is 0 Å². The molecule has 0 fully saturated rings. The smallest absolute Gasteiger partial charge is 0.306 e. The molecule has 73 heavy (non-hydrogen) atoms. The summed E-state index contributed by atoms with van der Waals surface area (Å²) in [7, 11) is 1.16. The second kappa shape index (κ2) is 52.9. The topological polar surface area (TPSA) is 114 Å². The van der Waals surface area contributed by atoms with Crippen molar-refractivity contribution >= 4 is 19.7 Å². The number of hydrogen-bond donors (Lipinski definition) is 1. The monoisotopic (exact) mass is 1040 g/mol. The number of unbranched alkanes of at least 4 members (excludes halogenated alkanes) is 28. The van der Waals surface area contributed by atoms with Gasteiger partial charge in [0, 0.05) is 12.8 Å². The largest absolute Gasteiger partial charge is 0.756 e. The van der Waals surface area contributed by atoms with Gasteiger partial charge < -0.3 is 28.5 Å². The van der Waals surface area contributed by atoms with Gasteiger partial charge in [0.2, 0.25) is 5.91 Å². The number of esters is 1. The molecular weight excluding hydrogens is 928 g/mol. The van der Waals surface area contributed by atoms with Gasteiger partial charge in [0.05, 0.1) is 33.8 Å². The van der Waals surface area contributed by atoms with E-state index in [9.17, 15) is 19.0 Å². The summed E-state index contributed by atoms with van der Waals surface area (Å²) in [5.74, 6) is -0.582. The summed E-state index contributed by atoms with van der Waals surface area (Å²) in [6.07, 6.45) is 67.2. The zero-order valence-electron chi connectivity index (χ0n) is 48.3. The minimum Gasteiger partial charge on any atom is -0.756 e. The van der Waals surface area contributed by atoms with Crippen LogP contribution < -0.4 is 10.2 Å². The van der Waals surface area contributed by atoms with Crippen LogP contribution in [0.3, 0.4) is 0 Å². The number of phosphoric acid groups is 1. The number of nitrogens with one attached hydrogen (secondary N) is 1. The Bertz CT molecular complexity index is 1480. The molecule has 0 rings (SSSR count). The lowest BCUT2D eigenvalue weighted by Gasteiger charge is -2.30. The van der Waals surface area contributed by atoms with Crippen LogP contribution in [0.4, 0.5) is 0 Å². The molecule has 9 nitrogen and oxygen atoms in total. The van der Waals surface area contributed by atoms with Crippen molar-refractivity contribution < 1.29 is 37.3 Å². The van der Waals surface area contributed by atoms with Gasteiger partial charge in [-0.25, -0.2) is 0 Å². The van der Waals surface area contributed by atoms with Crippen molar-refractivity contribution in [2.75, 3.05) is 40.9 Å². The molecule has 0 aromatic carbocycles. The van der Waals surface area contributed by atoms with Crippen LogP contribution in [0.5, 0.6) is 0 Å². The summed E-state index contributed by atoms with van der Waals surface area (Å²) in [5.41, 5.74) is 0. The van der Waals surface area contributed by atoms with Crippen LogP contribution in [0.2, 0.25) is 0 Å². The lowest BCUT2D eigenvalue weighted by molar-refractivity contribution is -0.870. The maximum Gasteiger partial charge on any atom is 0.306 e. The van der Waals surface area contributed by atoms with Gasteiger partial charge in [0.1, 0.15) is 19.3 Å². The van der Waals surface area contributed by atoms with Gasteiger partial charge in [-0.2, -0.15) is 0 Å². The maximum atomic E-state index is 13.5. The fraction of sp³-hybridized carbons (Fsp3) is 0.778. The Morgan fingerprint density at radius 3 is 1.30 bits per heavy atom. The molecule has 0 heterocycles. The number of ether oxygens (including phenoxy) is 1. The molecular formula is C63H115N2O7P. The Kier molecular flexibility index (Phi) is 51.0. The summed E-state index contributed by atoms with van der Waals surface area (Å²) in [5, 5.41) is 3.01. The predicted octanol–water partition coefficient (Wildman–Crippen LogP) is 17.8. The number of rotatable bonds is 54. The molecule has 0 aliphatic rings. The third-order valence-electron chi connectivity index (χ3n) is 13.1. The highest BCUT2D eigenvalue weighted by Gasteiger charge is 2.27. The number of hydrogen-bond acceptors (Lipinski definition) is 7. The van der Waals surface area contributed by atoms with E-state index in [4.69, 9.17) is 13.8 Å². The van der Waals surface area contributed by atoms with E-state index >= 15 is 0 Å². The van der Waals surface area contributed by atoms with Crippen molar-refractivity contribution in [1.82, 2.24) is 5.32 Å². The van der Waals surface area contributed by atoms with Crippen LogP contribution in [-0.2, 0) is 27.9 Å². The normalized spacial score (nSPS) is 14.2. The minimum atomic E-state index is -4.71. The van der Waals surface area contributed by atoms with Crippen LogP contribution in [0.25, 0.3) is 0 Å². The Balaban J connectivity index is 5.33. The molecule has 0 aliphatic heterocycles. The number of phosphoric ester groups is 1. The van der Waals surface area contributed by atoms with Crippen molar-refractivity contribution in [3.05, 3.63) is 72.9 Å². The summed E-state index contributed by atoms with van der Waals surface area (Å²) in [6.45, 7) is 6.78. The average Bonchev–Trinajstić information content (AvgIpc) is 3.35. The third-order valence-corrected chi connectivity index (χ3v) is 14.1. The van der Waals surface area contributed by atoms with Crippen LogP contribution in [0.1, 0.15) is 265 Å². The second-order valence-electron chi connectivity index (χ2n) is 21.5. The summed E-state index contributed by atoms with van der Waals surface area (Å²) < 4.78 is 30.2. The van der Waals surface area contributed by atoms with Crippen molar-refractivity contribution in [2.45, 2.75) is 277 Å². The molecule has 3 unspecified atom stereocenters. The van der Waals surface area contributed by atoms with Crippen molar-refractivity contribution in [3.8, 4) is 0 Å². The molecule has 3 atom stereocenters. The van der Waals surface area contributed by atoms with E-state index < -0.39 is 26.6 Å². The highest BCUT2D eigenvalue weighted by molar-refractivity contribution is 7.45. The van der Waals surface area contributed by atoms with Gasteiger partial charge in [-0.1, -0.05) is 222 Å². The van der Waals surface area contributed by atoms with Gasteiger partial charge >= 0.3 is 5.97 Å². The molecule has 0 aromatic rings. The van der Waals surface area contributed by atoms with Crippen LogP contribution in [0, 0.1) is 0 Å². The fourth-order valence-corrected chi connectivity index (χ4v) is 9.10. The Morgan fingerprint density at radius 1 is 0.479 bits per heavy atom. The first-order chi connectivity index (χ1) is 35.4. The molecule has 424 valence electrons. The first-order valence-electron chi connectivity index (χ1n) is 30.2. The number of allylic oxidation sites excluding steroid dienone is 11. The van der Waals surface area contributed by atoms with Crippen LogP contribution >= 0.6 is 7.82 Å². The molecule has 0 aliphatic carbocycles. The number of likely N-dealkylation sites (N-methyl/N-ethyl adjacent to an activating group) is 1. The maximum absolute atomic E-state index is 13.5.